The number of rotatable bonds is 4. The van der Waals surface area contributed by atoms with Crippen molar-refractivity contribution < 1.29 is 14.0 Å². The first-order valence-electron chi connectivity index (χ1n) is 7.87. The van der Waals surface area contributed by atoms with Crippen molar-refractivity contribution in [3.63, 3.8) is 0 Å². The molecule has 2 amide bonds. The highest BCUT2D eigenvalue weighted by molar-refractivity contribution is 6.09. The van der Waals surface area contributed by atoms with E-state index in [0.717, 1.165) is 11.1 Å². The lowest BCUT2D eigenvalue weighted by Crippen LogP contribution is -2.16. The maximum atomic E-state index is 12.5. The second-order valence-electron chi connectivity index (χ2n) is 5.73. The molecule has 0 atom stereocenters. The number of hydrogen-bond donors (Lipinski definition) is 2. The lowest BCUT2D eigenvalue weighted by molar-refractivity contribution is 0.0993. The van der Waals surface area contributed by atoms with Gasteiger partial charge in [0.25, 0.3) is 11.8 Å². The van der Waals surface area contributed by atoms with E-state index in [0.29, 0.717) is 16.9 Å². The number of furan rings is 1. The molecule has 3 rings (SSSR count). The van der Waals surface area contributed by atoms with Crippen molar-refractivity contribution in [1.82, 2.24) is 0 Å². The van der Waals surface area contributed by atoms with E-state index in [2.05, 4.69) is 10.6 Å². The van der Waals surface area contributed by atoms with Crippen LogP contribution in [0.1, 0.15) is 32.0 Å². The first-order valence-corrected chi connectivity index (χ1v) is 7.87. The number of hydrogen-bond acceptors (Lipinski definition) is 3. The molecule has 1 heterocycles. The molecule has 0 bridgehead atoms. The molecular formula is C20H18N2O3. The van der Waals surface area contributed by atoms with Gasteiger partial charge in [0.05, 0.1) is 17.6 Å². The van der Waals surface area contributed by atoms with Crippen LogP contribution in [0.4, 0.5) is 11.4 Å². The van der Waals surface area contributed by atoms with Gasteiger partial charge in [0, 0.05) is 5.56 Å². The average Bonchev–Trinajstić information content (AvgIpc) is 3.13. The van der Waals surface area contributed by atoms with Crippen molar-refractivity contribution in [2.45, 2.75) is 13.8 Å². The average molecular weight is 334 g/mol. The zero-order valence-electron chi connectivity index (χ0n) is 14.0. The molecule has 3 aromatic rings. The van der Waals surface area contributed by atoms with Gasteiger partial charge in [-0.1, -0.05) is 18.2 Å². The predicted molar refractivity (Wildman–Crippen MR) is 97.0 cm³/mol. The maximum Gasteiger partial charge on any atom is 0.291 e. The summed E-state index contributed by atoms with van der Waals surface area (Å²) in [7, 11) is 0. The van der Waals surface area contributed by atoms with Gasteiger partial charge in [0.15, 0.2) is 5.76 Å². The number of benzene rings is 2. The Balaban J connectivity index is 1.79. The van der Waals surface area contributed by atoms with Gasteiger partial charge in [-0.25, -0.2) is 0 Å². The molecule has 0 radical (unpaired) electrons. The van der Waals surface area contributed by atoms with Crippen LogP contribution in [0.25, 0.3) is 0 Å². The van der Waals surface area contributed by atoms with Crippen molar-refractivity contribution in [3.05, 3.63) is 83.3 Å². The summed E-state index contributed by atoms with van der Waals surface area (Å²) in [5.41, 5.74) is 3.76. The van der Waals surface area contributed by atoms with Gasteiger partial charge in [-0.15, -0.1) is 0 Å². The number of aryl methyl sites for hydroxylation is 2. The normalized spacial score (nSPS) is 10.3. The third-order valence-electron chi connectivity index (χ3n) is 3.94. The Labute approximate surface area is 145 Å². The molecule has 0 aliphatic carbocycles. The van der Waals surface area contributed by atoms with E-state index in [4.69, 9.17) is 4.42 Å². The van der Waals surface area contributed by atoms with E-state index in [1.54, 1.807) is 42.5 Å². The van der Waals surface area contributed by atoms with E-state index in [1.807, 2.05) is 26.0 Å². The third kappa shape index (κ3) is 3.77. The van der Waals surface area contributed by atoms with Crippen LogP contribution in [-0.4, -0.2) is 11.8 Å². The van der Waals surface area contributed by atoms with Gasteiger partial charge in [-0.05, 0) is 61.4 Å². The zero-order chi connectivity index (χ0) is 17.8. The molecule has 0 saturated carbocycles. The highest BCUT2D eigenvalue weighted by atomic mass is 16.3. The molecule has 5 nitrogen and oxygen atoms in total. The Kier molecular flexibility index (Phi) is 4.66. The molecular weight excluding hydrogens is 316 g/mol. The van der Waals surface area contributed by atoms with Crippen LogP contribution in [0.2, 0.25) is 0 Å². The van der Waals surface area contributed by atoms with Crippen LogP contribution >= 0.6 is 0 Å². The molecule has 1 aromatic heterocycles. The lowest BCUT2D eigenvalue weighted by atomic mass is 10.1. The van der Waals surface area contributed by atoms with Crippen LogP contribution in [0, 0.1) is 13.8 Å². The lowest BCUT2D eigenvalue weighted by Gasteiger charge is -2.12. The molecule has 0 spiro atoms. The predicted octanol–water partition coefficient (Wildman–Crippen LogP) is 4.40. The Morgan fingerprint density at radius 3 is 2.08 bits per heavy atom. The van der Waals surface area contributed by atoms with Gasteiger partial charge < -0.3 is 15.1 Å². The molecule has 0 aliphatic rings. The Morgan fingerprint density at radius 2 is 1.48 bits per heavy atom. The first kappa shape index (κ1) is 16.5. The molecule has 0 aliphatic heterocycles. The standard InChI is InChI=1S/C20H18N2O3/c1-13-9-10-15(12-14(13)2)19(23)21-16-6-3-4-7-17(16)22-20(24)18-8-5-11-25-18/h3-12H,1-2H3,(H,21,23)(H,22,24). The maximum absolute atomic E-state index is 12.5. The Morgan fingerprint density at radius 1 is 0.800 bits per heavy atom. The quantitative estimate of drug-likeness (QED) is 0.743. The number of carbonyl (C=O) groups excluding carboxylic acids is 2. The summed E-state index contributed by atoms with van der Waals surface area (Å²) in [6.45, 7) is 3.96. The van der Waals surface area contributed by atoms with Gasteiger partial charge in [0.2, 0.25) is 0 Å². The van der Waals surface area contributed by atoms with Gasteiger partial charge >= 0.3 is 0 Å². The number of nitrogens with one attached hydrogen (secondary N) is 2. The molecule has 0 unspecified atom stereocenters. The highest BCUT2D eigenvalue weighted by Crippen LogP contribution is 2.23. The van der Waals surface area contributed by atoms with Gasteiger partial charge in [-0.2, -0.15) is 0 Å². The summed E-state index contributed by atoms with van der Waals surface area (Å²) in [5.74, 6) is -0.407. The van der Waals surface area contributed by atoms with Crippen molar-refractivity contribution in [2.75, 3.05) is 10.6 Å². The molecule has 25 heavy (non-hydrogen) atoms. The van der Waals surface area contributed by atoms with Crippen molar-refractivity contribution in [3.8, 4) is 0 Å². The zero-order valence-corrected chi connectivity index (χ0v) is 14.0. The SMILES string of the molecule is Cc1ccc(C(=O)Nc2ccccc2NC(=O)c2ccco2)cc1C. The smallest absolute Gasteiger partial charge is 0.291 e. The largest absolute Gasteiger partial charge is 0.459 e. The minimum atomic E-state index is -0.377. The summed E-state index contributed by atoms with van der Waals surface area (Å²) < 4.78 is 5.08. The van der Waals surface area contributed by atoms with Gasteiger partial charge in [0.1, 0.15) is 0 Å². The number of anilines is 2. The molecule has 126 valence electrons. The minimum absolute atomic E-state index is 0.204. The van der Waals surface area contributed by atoms with Crippen LogP contribution in [0.3, 0.4) is 0 Å². The van der Waals surface area contributed by atoms with Crippen LogP contribution in [-0.2, 0) is 0 Å². The summed E-state index contributed by atoms with van der Waals surface area (Å²) in [4.78, 5) is 24.6. The summed E-state index contributed by atoms with van der Waals surface area (Å²) >= 11 is 0. The number of carbonyl (C=O) groups is 2. The van der Waals surface area contributed by atoms with Crippen LogP contribution in [0.5, 0.6) is 0 Å². The molecule has 0 saturated heterocycles. The molecule has 0 fully saturated rings. The summed E-state index contributed by atoms with van der Waals surface area (Å²) in [6, 6.07) is 15.8. The Hall–Kier alpha value is -3.34. The Bertz CT molecular complexity index is 914. The highest BCUT2D eigenvalue weighted by Gasteiger charge is 2.13. The molecule has 2 aromatic carbocycles. The molecule has 5 heteroatoms. The van der Waals surface area contributed by atoms with E-state index in [9.17, 15) is 9.59 Å². The number of amides is 2. The van der Waals surface area contributed by atoms with Crippen molar-refractivity contribution >= 4 is 23.2 Å². The second-order valence-corrected chi connectivity index (χ2v) is 5.73. The monoisotopic (exact) mass is 334 g/mol. The fourth-order valence-corrected chi connectivity index (χ4v) is 2.37. The van der Waals surface area contributed by atoms with E-state index >= 15 is 0 Å². The topological polar surface area (TPSA) is 71.3 Å². The second kappa shape index (κ2) is 7.05. The van der Waals surface area contributed by atoms with Crippen LogP contribution < -0.4 is 10.6 Å². The summed E-state index contributed by atoms with van der Waals surface area (Å²) in [5, 5.41) is 5.58. The fraction of sp³-hybridized carbons (Fsp3) is 0.100. The minimum Gasteiger partial charge on any atom is -0.459 e. The fourth-order valence-electron chi connectivity index (χ4n) is 2.37. The van der Waals surface area contributed by atoms with Crippen molar-refractivity contribution in [1.29, 1.82) is 0 Å². The summed E-state index contributed by atoms with van der Waals surface area (Å²) in [6.07, 6.45) is 1.43. The van der Waals surface area contributed by atoms with Crippen molar-refractivity contribution in [2.24, 2.45) is 0 Å². The number of para-hydroxylation sites is 2. The van der Waals surface area contributed by atoms with Crippen LogP contribution in [0.15, 0.2) is 65.3 Å². The molecule has 2 N–H and O–H groups in total. The van der Waals surface area contributed by atoms with E-state index in [1.165, 1.54) is 6.26 Å². The van der Waals surface area contributed by atoms with Gasteiger partial charge in [-0.3, -0.25) is 9.59 Å². The first-order chi connectivity index (χ1) is 12.0. The third-order valence-corrected chi connectivity index (χ3v) is 3.94. The van der Waals surface area contributed by atoms with E-state index < -0.39 is 0 Å². The van der Waals surface area contributed by atoms with E-state index in [-0.39, 0.29) is 17.6 Å².